The Morgan fingerprint density at radius 3 is 2.40 bits per heavy atom. The summed E-state index contributed by atoms with van der Waals surface area (Å²) in [6.07, 6.45) is 11.3. The Balaban J connectivity index is 1.58. The highest BCUT2D eigenvalue weighted by molar-refractivity contribution is 5.79. The molecule has 0 bridgehead atoms. The molecule has 3 nitrogen and oxygen atoms in total. The van der Waals surface area contributed by atoms with Gasteiger partial charge in [0, 0.05) is 19.1 Å². The lowest BCUT2D eigenvalue weighted by Gasteiger charge is -2.42. The predicted octanol–water partition coefficient (Wildman–Crippen LogP) is 2.93. The molecule has 2 aliphatic carbocycles. The summed E-state index contributed by atoms with van der Waals surface area (Å²) in [5.74, 6) is 1.11. The standard InChI is InChI=1S/C17H30N2O/c1-13-4-5-15(18)14(12-13)16(20)19-10-8-17(9-11-19)6-2-3-7-17/h13-15H,2-12,18H2,1H3. The molecule has 2 saturated carbocycles. The van der Waals surface area contributed by atoms with Crippen LogP contribution in [0.4, 0.5) is 0 Å². The fraction of sp³-hybridized carbons (Fsp3) is 0.941. The van der Waals surface area contributed by atoms with E-state index < -0.39 is 0 Å². The largest absolute Gasteiger partial charge is 0.342 e. The van der Waals surface area contributed by atoms with E-state index >= 15 is 0 Å². The first-order valence-corrected chi connectivity index (χ1v) is 8.64. The number of carbonyl (C=O) groups is 1. The zero-order valence-electron chi connectivity index (χ0n) is 12.9. The van der Waals surface area contributed by atoms with E-state index in [4.69, 9.17) is 5.73 Å². The van der Waals surface area contributed by atoms with Crippen molar-refractivity contribution in [3.8, 4) is 0 Å². The average Bonchev–Trinajstić information content (AvgIpc) is 2.90. The summed E-state index contributed by atoms with van der Waals surface area (Å²) >= 11 is 0. The lowest BCUT2D eigenvalue weighted by Crippen LogP contribution is -2.50. The highest BCUT2D eigenvalue weighted by atomic mass is 16.2. The number of amides is 1. The fourth-order valence-electron chi connectivity index (χ4n) is 4.75. The minimum absolute atomic E-state index is 0.0939. The normalized spacial score (nSPS) is 37.3. The quantitative estimate of drug-likeness (QED) is 0.801. The van der Waals surface area contributed by atoms with Crippen LogP contribution in [0.2, 0.25) is 0 Å². The molecule has 0 aromatic carbocycles. The Morgan fingerprint density at radius 1 is 1.10 bits per heavy atom. The van der Waals surface area contributed by atoms with Crippen LogP contribution in [-0.2, 0) is 4.79 Å². The SMILES string of the molecule is CC1CCC(N)C(C(=O)N2CCC3(CCCC3)CC2)C1. The zero-order chi connectivity index (χ0) is 14.2. The number of carbonyl (C=O) groups excluding carboxylic acids is 1. The number of hydrogen-bond donors (Lipinski definition) is 1. The van der Waals surface area contributed by atoms with Crippen molar-refractivity contribution in [1.82, 2.24) is 4.90 Å². The lowest BCUT2D eigenvalue weighted by molar-refractivity contribution is -0.140. The van der Waals surface area contributed by atoms with Gasteiger partial charge in [0.05, 0.1) is 5.92 Å². The molecule has 2 N–H and O–H groups in total. The van der Waals surface area contributed by atoms with E-state index in [0.29, 0.717) is 17.2 Å². The maximum Gasteiger partial charge on any atom is 0.227 e. The van der Waals surface area contributed by atoms with Gasteiger partial charge in [0.2, 0.25) is 5.91 Å². The monoisotopic (exact) mass is 278 g/mol. The molecule has 0 radical (unpaired) electrons. The van der Waals surface area contributed by atoms with E-state index in [-0.39, 0.29) is 12.0 Å². The van der Waals surface area contributed by atoms with E-state index in [1.54, 1.807) is 0 Å². The molecule has 1 heterocycles. The third kappa shape index (κ3) is 2.74. The first kappa shape index (κ1) is 14.4. The van der Waals surface area contributed by atoms with Crippen molar-refractivity contribution in [2.45, 2.75) is 70.8 Å². The smallest absolute Gasteiger partial charge is 0.227 e. The molecule has 3 rings (SSSR count). The van der Waals surface area contributed by atoms with E-state index in [0.717, 1.165) is 25.9 Å². The molecule has 3 unspecified atom stereocenters. The number of likely N-dealkylation sites (tertiary alicyclic amines) is 1. The van der Waals surface area contributed by atoms with Crippen LogP contribution in [0.3, 0.4) is 0 Å². The van der Waals surface area contributed by atoms with Gasteiger partial charge in [-0.15, -0.1) is 0 Å². The molecule has 3 heteroatoms. The maximum absolute atomic E-state index is 12.8. The molecule has 1 spiro atoms. The van der Waals surface area contributed by atoms with Gasteiger partial charge in [0.25, 0.3) is 0 Å². The number of nitrogens with zero attached hydrogens (tertiary/aromatic N) is 1. The van der Waals surface area contributed by atoms with Crippen molar-refractivity contribution < 1.29 is 4.79 Å². The minimum Gasteiger partial charge on any atom is -0.342 e. The summed E-state index contributed by atoms with van der Waals surface area (Å²) in [7, 11) is 0. The molecule has 1 saturated heterocycles. The number of rotatable bonds is 1. The van der Waals surface area contributed by atoms with Crippen molar-refractivity contribution in [2.75, 3.05) is 13.1 Å². The van der Waals surface area contributed by atoms with E-state index in [1.165, 1.54) is 44.9 Å². The van der Waals surface area contributed by atoms with Crippen molar-refractivity contribution in [1.29, 1.82) is 0 Å². The first-order valence-electron chi connectivity index (χ1n) is 8.64. The molecule has 3 aliphatic rings. The van der Waals surface area contributed by atoms with Gasteiger partial charge in [-0.05, 0) is 56.3 Å². The predicted molar refractivity (Wildman–Crippen MR) is 81.2 cm³/mol. The molecule has 0 aromatic heterocycles. The molecule has 3 fully saturated rings. The maximum atomic E-state index is 12.8. The summed E-state index contributed by atoms with van der Waals surface area (Å²) in [5, 5.41) is 0. The second-order valence-electron chi connectivity index (χ2n) is 7.72. The Labute approximate surface area is 123 Å². The fourth-order valence-corrected chi connectivity index (χ4v) is 4.75. The lowest BCUT2D eigenvalue weighted by atomic mass is 9.75. The Morgan fingerprint density at radius 2 is 1.75 bits per heavy atom. The second-order valence-corrected chi connectivity index (χ2v) is 7.72. The summed E-state index contributed by atoms with van der Waals surface area (Å²) in [6, 6.07) is 0.0982. The van der Waals surface area contributed by atoms with Crippen LogP contribution in [-0.4, -0.2) is 29.9 Å². The van der Waals surface area contributed by atoms with Gasteiger partial charge in [0.1, 0.15) is 0 Å². The van der Waals surface area contributed by atoms with E-state index in [1.807, 2.05) is 0 Å². The van der Waals surface area contributed by atoms with Crippen LogP contribution >= 0.6 is 0 Å². The molecule has 3 atom stereocenters. The van der Waals surface area contributed by atoms with Crippen LogP contribution < -0.4 is 5.73 Å². The molecule has 1 amide bonds. The molecule has 114 valence electrons. The Kier molecular flexibility index (Phi) is 4.07. The molecule has 1 aliphatic heterocycles. The molecular formula is C17H30N2O. The van der Waals surface area contributed by atoms with Crippen molar-refractivity contribution in [3.63, 3.8) is 0 Å². The van der Waals surface area contributed by atoms with Gasteiger partial charge in [0.15, 0.2) is 0 Å². The van der Waals surface area contributed by atoms with Crippen LogP contribution in [0, 0.1) is 17.3 Å². The van der Waals surface area contributed by atoms with E-state index in [9.17, 15) is 4.79 Å². The van der Waals surface area contributed by atoms with Crippen LogP contribution in [0.15, 0.2) is 0 Å². The van der Waals surface area contributed by atoms with Gasteiger partial charge in [-0.2, -0.15) is 0 Å². The van der Waals surface area contributed by atoms with Gasteiger partial charge < -0.3 is 10.6 Å². The van der Waals surface area contributed by atoms with Crippen LogP contribution in [0.5, 0.6) is 0 Å². The summed E-state index contributed by atoms with van der Waals surface area (Å²) in [4.78, 5) is 14.9. The highest BCUT2D eigenvalue weighted by Gasteiger charge is 2.40. The third-order valence-electron chi connectivity index (χ3n) is 6.28. The van der Waals surface area contributed by atoms with Gasteiger partial charge in [-0.25, -0.2) is 0 Å². The summed E-state index contributed by atoms with van der Waals surface area (Å²) < 4.78 is 0. The van der Waals surface area contributed by atoms with Crippen LogP contribution in [0.1, 0.15) is 64.7 Å². The zero-order valence-corrected chi connectivity index (χ0v) is 12.9. The number of nitrogens with two attached hydrogens (primary N) is 1. The van der Waals surface area contributed by atoms with Gasteiger partial charge in [-0.3, -0.25) is 4.79 Å². The first-order chi connectivity index (χ1) is 9.60. The summed E-state index contributed by atoms with van der Waals surface area (Å²) in [6.45, 7) is 4.22. The topological polar surface area (TPSA) is 46.3 Å². The van der Waals surface area contributed by atoms with Crippen LogP contribution in [0.25, 0.3) is 0 Å². The van der Waals surface area contributed by atoms with Crippen molar-refractivity contribution in [2.24, 2.45) is 23.0 Å². The molecular weight excluding hydrogens is 248 g/mol. The molecule has 0 aromatic rings. The van der Waals surface area contributed by atoms with Gasteiger partial charge in [-0.1, -0.05) is 19.8 Å². The summed E-state index contributed by atoms with van der Waals surface area (Å²) in [5.41, 5.74) is 6.81. The van der Waals surface area contributed by atoms with Crippen molar-refractivity contribution in [3.05, 3.63) is 0 Å². The number of hydrogen-bond acceptors (Lipinski definition) is 2. The number of piperidine rings is 1. The third-order valence-corrected chi connectivity index (χ3v) is 6.28. The highest BCUT2D eigenvalue weighted by Crippen LogP contribution is 2.46. The minimum atomic E-state index is 0.0939. The average molecular weight is 278 g/mol. The second kappa shape index (κ2) is 5.67. The van der Waals surface area contributed by atoms with E-state index in [2.05, 4.69) is 11.8 Å². The van der Waals surface area contributed by atoms with Gasteiger partial charge >= 0.3 is 0 Å². The van der Waals surface area contributed by atoms with Crippen molar-refractivity contribution >= 4 is 5.91 Å². The molecule has 20 heavy (non-hydrogen) atoms. The Bertz CT molecular complexity index is 352. The Hall–Kier alpha value is -0.570.